The van der Waals surface area contributed by atoms with Crippen LogP contribution in [0.2, 0.25) is 0 Å². The van der Waals surface area contributed by atoms with Gasteiger partial charge in [-0.15, -0.1) is 13.2 Å². The highest BCUT2D eigenvalue weighted by Gasteiger charge is 2.49. The van der Waals surface area contributed by atoms with Crippen LogP contribution in [0, 0.1) is 0 Å². The number of aromatic nitrogens is 1. The normalized spacial score (nSPS) is 19.4. The van der Waals surface area contributed by atoms with Gasteiger partial charge in [-0.3, -0.25) is 19.2 Å². The lowest BCUT2D eigenvalue weighted by Crippen LogP contribution is -2.57. The third-order valence-electron chi connectivity index (χ3n) is 7.49. The van der Waals surface area contributed by atoms with Gasteiger partial charge in [0.15, 0.2) is 11.5 Å². The molecule has 0 radical (unpaired) electrons. The highest BCUT2D eigenvalue weighted by Crippen LogP contribution is 2.45. The Labute approximate surface area is 226 Å². The number of amides is 1. The summed E-state index contributed by atoms with van der Waals surface area (Å²) in [6, 6.07) is 6.78. The van der Waals surface area contributed by atoms with E-state index in [9.17, 15) is 35.9 Å². The molecule has 1 atom stereocenters. The van der Waals surface area contributed by atoms with Gasteiger partial charge in [0, 0.05) is 36.9 Å². The van der Waals surface area contributed by atoms with Crippen molar-refractivity contribution in [2.75, 3.05) is 47.0 Å². The fourth-order valence-electron chi connectivity index (χ4n) is 5.61. The van der Waals surface area contributed by atoms with Gasteiger partial charge in [-0.05, 0) is 57.1 Å². The first-order valence-corrected chi connectivity index (χ1v) is 12.5. The van der Waals surface area contributed by atoms with E-state index < -0.39 is 30.5 Å². The minimum atomic E-state index is -4.99. The average Bonchev–Trinajstić information content (AvgIpc) is 3.35. The minimum absolute atomic E-state index is 0.144. The molecule has 1 amide bonds. The van der Waals surface area contributed by atoms with Crippen LogP contribution in [-0.2, 0) is 10.3 Å². The fourth-order valence-corrected chi connectivity index (χ4v) is 5.61. The molecule has 2 aromatic rings. The summed E-state index contributed by atoms with van der Waals surface area (Å²) in [6.07, 6.45) is -8.89. The van der Waals surface area contributed by atoms with Crippen LogP contribution in [0.5, 0.6) is 11.5 Å². The summed E-state index contributed by atoms with van der Waals surface area (Å²) in [7, 11) is 3.22. The lowest BCUT2D eigenvalue weighted by molar-refractivity contribution is -0.325. The van der Waals surface area contributed by atoms with E-state index in [1.54, 1.807) is 17.9 Å². The van der Waals surface area contributed by atoms with E-state index in [0.29, 0.717) is 38.2 Å². The van der Waals surface area contributed by atoms with Crippen LogP contribution in [0.15, 0.2) is 30.3 Å². The Morgan fingerprint density at radius 2 is 1.68 bits per heavy atom. The van der Waals surface area contributed by atoms with Gasteiger partial charge >= 0.3 is 12.5 Å². The van der Waals surface area contributed by atoms with E-state index in [1.165, 1.54) is 35.9 Å². The van der Waals surface area contributed by atoms with E-state index in [1.807, 2.05) is 7.05 Å². The number of nitrogens with zero attached hydrogens (tertiary/aromatic N) is 3. The van der Waals surface area contributed by atoms with Gasteiger partial charge in [0.2, 0.25) is 0 Å². The predicted octanol–water partition coefficient (Wildman–Crippen LogP) is 4.79. The van der Waals surface area contributed by atoms with Crippen molar-refractivity contribution >= 4 is 11.7 Å². The van der Waals surface area contributed by atoms with Crippen LogP contribution in [0.4, 0.5) is 26.3 Å². The number of hydrogen-bond donors (Lipinski definition) is 0. The topological polar surface area (TPSA) is 73.2 Å². The number of ether oxygens (including phenoxy) is 3. The lowest BCUT2D eigenvalue weighted by Gasteiger charge is -2.52. The molecule has 14 heteroatoms. The minimum Gasteiger partial charge on any atom is -0.493 e. The molecule has 4 rings (SSSR count). The van der Waals surface area contributed by atoms with Gasteiger partial charge < -0.3 is 18.9 Å². The number of likely N-dealkylation sites (N-methyl/N-ethyl adjacent to an activating group) is 1. The van der Waals surface area contributed by atoms with Crippen LogP contribution < -0.4 is 9.47 Å². The summed E-state index contributed by atoms with van der Waals surface area (Å²) < 4.78 is 91.9. The molecule has 0 N–H and O–H groups in total. The maximum absolute atomic E-state index is 13.3. The monoisotopic (exact) mass is 577 g/mol. The molecule has 0 aliphatic carbocycles. The smallest absolute Gasteiger partial charge is 0.493 e. The van der Waals surface area contributed by atoms with Crippen LogP contribution in [0.3, 0.4) is 0 Å². The molecule has 2 aliphatic heterocycles. The Kier molecular flexibility index (Phi) is 8.14. The maximum atomic E-state index is 13.3. The summed E-state index contributed by atoms with van der Waals surface area (Å²) in [5.74, 6) is -1.89. The molecule has 3 heterocycles. The molecule has 220 valence electrons. The zero-order valence-corrected chi connectivity index (χ0v) is 22.1. The number of methoxy groups -OCH3 is 1. The van der Waals surface area contributed by atoms with Crippen LogP contribution >= 0.6 is 0 Å². The van der Waals surface area contributed by atoms with Crippen molar-refractivity contribution in [3.63, 3.8) is 0 Å². The Balaban J connectivity index is 1.48. The molecule has 1 spiro atoms. The Hall–Kier alpha value is -3.26. The molecule has 1 aromatic heterocycles. The van der Waals surface area contributed by atoms with Crippen molar-refractivity contribution in [1.82, 2.24) is 14.4 Å². The standard InChI is InChI=1S/C26H29F6N3O5/c1-16-15-33(2)24(21-7-5-18(35(16)21)22(36)25(27,28)29)8-10-34(11-9-24)23(37)17-4-6-19(20(14-17)38-3)39-12-13-40-26(30,31)32/h4-7,14,16H,8-13,15H2,1-3H3/t16-/m1/s1. The molecule has 2 aliphatic rings. The molecule has 1 aromatic carbocycles. The van der Waals surface area contributed by atoms with Crippen molar-refractivity contribution in [1.29, 1.82) is 0 Å². The zero-order chi connectivity index (χ0) is 29.5. The van der Waals surface area contributed by atoms with Crippen LogP contribution in [0.1, 0.15) is 52.3 Å². The molecule has 1 fully saturated rings. The first-order valence-electron chi connectivity index (χ1n) is 12.5. The molecule has 0 unspecified atom stereocenters. The third kappa shape index (κ3) is 5.78. The van der Waals surface area contributed by atoms with E-state index >= 15 is 0 Å². The summed E-state index contributed by atoms with van der Waals surface area (Å²) in [6.45, 7) is 1.71. The second-order valence-electron chi connectivity index (χ2n) is 9.86. The number of Topliss-reactive ketones (excluding diaryl/α,β-unsaturated/α-hetero) is 1. The number of piperidine rings is 1. The molecule has 40 heavy (non-hydrogen) atoms. The van der Waals surface area contributed by atoms with Crippen molar-refractivity contribution in [3.8, 4) is 11.5 Å². The number of fused-ring (bicyclic) bond motifs is 2. The Morgan fingerprint density at radius 3 is 2.27 bits per heavy atom. The van der Waals surface area contributed by atoms with Crippen LogP contribution in [-0.4, -0.2) is 85.6 Å². The third-order valence-corrected chi connectivity index (χ3v) is 7.49. The first kappa shape index (κ1) is 29.7. The van der Waals surface area contributed by atoms with Crippen molar-refractivity contribution in [3.05, 3.63) is 47.3 Å². The molecular formula is C26H29F6N3O5. The van der Waals surface area contributed by atoms with Gasteiger partial charge in [0.25, 0.3) is 11.7 Å². The summed E-state index contributed by atoms with van der Waals surface area (Å²) in [4.78, 5) is 29.1. The molecule has 1 saturated heterocycles. The lowest BCUT2D eigenvalue weighted by atomic mass is 9.80. The quantitative estimate of drug-likeness (QED) is 0.268. The van der Waals surface area contributed by atoms with Gasteiger partial charge in [-0.2, -0.15) is 13.2 Å². The van der Waals surface area contributed by atoms with Gasteiger partial charge in [-0.25, -0.2) is 0 Å². The van der Waals surface area contributed by atoms with Crippen molar-refractivity contribution in [2.45, 2.75) is 43.9 Å². The first-order chi connectivity index (χ1) is 18.7. The van der Waals surface area contributed by atoms with Gasteiger partial charge in [0.05, 0.1) is 24.9 Å². The summed E-state index contributed by atoms with van der Waals surface area (Å²) in [5, 5.41) is 0. The number of rotatable bonds is 7. The van der Waals surface area contributed by atoms with Crippen LogP contribution in [0.25, 0.3) is 0 Å². The van der Waals surface area contributed by atoms with E-state index in [2.05, 4.69) is 9.64 Å². The Morgan fingerprint density at radius 1 is 1.00 bits per heavy atom. The predicted molar refractivity (Wildman–Crippen MR) is 129 cm³/mol. The van der Waals surface area contributed by atoms with E-state index in [4.69, 9.17) is 9.47 Å². The highest BCUT2D eigenvalue weighted by atomic mass is 19.4. The second-order valence-corrected chi connectivity index (χ2v) is 9.86. The molecule has 8 nitrogen and oxygen atoms in total. The number of benzene rings is 1. The SMILES string of the molecule is COc1cc(C(=O)N2CCC3(CC2)c2ccc(C(=O)C(F)(F)F)n2[C@H](C)CN3C)ccc1OCCOC(F)(F)F. The average molecular weight is 578 g/mol. The van der Waals surface area contributed by atoms with Crippen molar-refractivity contribution < 1.29 is 50.1 Å². The number of carbonyl (C=O) groups excluding carboxylic acids is 2. The zero-order valence-electron chi connectivity index (χ0n) is 22.1. The Bertz CT molecular complexity index is 1250. The summed E-state index contributed by atoms with van der Waals surface area (Å²) >= 11 is 0. The fraction of sp³-hybridized carbons (Fsp3) is 0.538. The number of likely N-dealkylation sites (tertiary alicyclic amines) is 1. The van der Waals surface area contributed by atoms with Gasteiger partial charge in [-0.1, -0.05) is 0 Å². The number of alkyl halides is 6. The highest BCUT2D eigenvalue weighted by molar-refractivity contribution is 5.99. The van der Waals surface area contributed by atoms with E-state index in [0.717, 1.165) is 0 Å². The summed E-state index contributed by atoms with van der Waals surface area (Å²) in [5.41, 5.74) is -0.147. The van der Waals surface area contributed by atoms with Crippen molar-refractivity contribution in [2.24, 2.45) is 0 Å². The molecule has 0 saturated carbocycles. The number of carbonyl (C=O) groups is 2. The molecule has 0 bridgehead atoms. The largest absolute Gasteiger partial charge is 0.522 e. The number of ketones is 1. The number of hydrogen-bond acceptors (Lipinski definition) is 6. The maximum Gasteiger partial charge on any atom is 0.522 e. The molecular weight excluding hydrogens is 548 g/mol. The van der Waals surface area contributed by atoms with E-state index in [-0.39, 0.29) is 41.3 Å². The number of halogens is 6. The second kappa shape index (κ2) is 11.0. The van der Waals surface area contributed by atoms with Gasteiger partial charge in [0.1, 0.15) is 6.61 Å².